The summed E-state index contributed by atoms with van der Waals surface area (Å²) in [6.45, 7) is 4.02. The average molecular weight is 424 g/mol. The lowest BCUT2D eigenvalue weighted by atomic mass is 10.00. The SMILES string of the molecule is Cc1c2c(cc3c1O/C(=C\c1ccccc1Cl)C3=O)CN(Cc1cccs1)CO2. The van der Waals surface area contributed by atoms with Crippen LogP contribution in [-0.4, -0.2) is 17.4 Å². The van der Waals surface area contributed by atoms with Gasteiger partial charge in [0.1, 0.15) is 18.2 Å². The fraction of sp³-hybridized carbons (Fsp3) is 0.174. The molecule has 0 spiro atoms. The van der Waals surface area contributed by atoms with Gasteiger partial charge in [0, 0.05) is 34.1 Å². The van der Waals surface area contributed by atoms with Gasteiger partial charge in [-0.3, -0.25) is 9.69 Å². The standard InChI is InChI=1S/C23H18ClNO3S/c1-14-22-16(11-25(13-27-22)12-17-6-4-8-29-17)9-18-21(26)20(28-23(14)18)10-15-5-2-3-7-19(15)24/h2-10H,11-13H2,1H3/b20-10-. The highest BCUT2D eigenvalue weighted by atomic mass is 35.5. The molecule has 5 rings (SSSR count). The molecule has 2 aliphatic rings. The number of carbonyl (C=O) groups excluding carboxylic acids is 1. The number of hydrogen-bond acceptors (Lipinski definition) is 5. The predicted octanol–water partition coefficient (Wildman–Crippen LogP) is 5.68. The molecular weight excluding hydrogens is 406 g/mol. The first-order valence-corrected chi connectivity index (χ1v) is 10.6. The summed E-state index contributed by atoms with van der Waals surface area (Å²) in [4.78, 5) is 16.5. The van der Waals surface area contributed by atoms with Crippen LogP contribution in [0, 0.1) is 6.92 Å². The van der Waals surface area contributed by atoms with Gasteiger partial charge in [-0.05, 0) is 42.1 Å². The fourth-order valence-electron chi connectivity index (χ4n) is 3.75. The van der Waals surface area contributed by atoms with E-state index in [0.717, 1.165) is 35.5 Å². The summed E-state index contributed by atoms with van der Waals surface area (Å²) in [5.41, 5.74) is 3.22. The second kappa shape index (κ2) is 7.34. The largest absolute Gasteiger partial charge is 0.477 e. The minimum atomic E-state index is -0.124. The van der Waals surface area contributed by atoms with Crippen molar-refractivity contribution in [3.05, 3.63) is 85.8 Å². The van der Waals surface area contributed by atoms with Crippen molar-refractivity contribution >= 4 is 34.8 Å². The molecule has 2 aliphatic heterocycles. The van der Waals surface area contributed by atoms with Gasteiger partial charge in [-0.1, -0.05) is 35.9 Å². The second-order valence-corrected chi connectivity index (χ2v) is 8.61. The number of fused-ring (bicyclic) bond motifs is 2. The fourth-order valence-corrected chi connectivity index (χ4v) is 4.69. The van der Waals surface area contributed by atoms with Crippen LogP contribution in [0.2, 0.25) is 5.02 Å². The monoisotopic (exact) mass is 423 g/mol. The highest BCUT2D eigenvalue weighted by Crippen LogP contribution is 2.43. The van der Waals surface area contributed by atoms with Crippen molar-refractivity contribution in [2.24, 2.45) is 0 Å². The second-order valence-electron chi connectivity index (χ2n) is 7.17. The number of ketones is 1. The van der Waals surface area contributed by atoms with Gasteiger partial charge in [-0.15, -0.1) is 11.3 Å². The van der Waals surface area contributed by atoms with Crippen LogP contribution in [-0.2, 0) is 13.1 Å². The third-order valence-corrected chi connectivity index (χ3v) is 6.36. The number of Topliss-reactive ketones (excluding diaryl/α,β-unsaturated/α-hetero) is 1. The topological polar surface area (TPSA) is 38.8 Å². The third kappa shape index (κ3) is 3.35. The zero-order valence-corrected chi connectivity index (χ0v) is 17.3. The first kappa shape index (κ1) is 18.4. The van der Waals surface area contributed by atoms with Gasteiger partial charge < -0.3 is 9.47 Å². The van der Waals surface area contributed by atoms with Gasteiger partial charge in [0.15, 0.2) is 5.76 Å². The van der Waals surface area contributed by atoms with Crippen molar-refractivity contribution in [3.63, 3.8) is 0 Å². The van der Waals surface area contributed by atoms with Gasteiger partial charge in [0.05, 0.1) is 5.56 Å². The van der Waals surface area contributed by atoms with Gasteiger partial charge in [0.25, 0.3) is 0 Å². The molecule has 3 heterocycles. The first-order valence-electron chi connectivity index (χ1n) is 9.33. The minimum absolute atomic E-state index is 0.124. The molecule has 6 heteroatoms. The maximum Gasteiger partial charge on any atom is 0.231 e. The molecule has 3 aromatic rings. The minimum Gasteiger partial charge on any atom is -0.477 e. The maximum atomic E-state index is 13.0. The summed E-state index contributed by atoms with van der Waals surface area (Å²) in [5.74, 6) is 1.56. The number of rotatable bonds is 3. The van der Waals surface area contributed by atoms with Crippen molar-refractivity contribution in [2.75, 3.05) is 6.73 Å². The molecule has 0 radical (unpaired) electrons. The molecular formula is C23H18ClNO3S. The Morgan fingerprint density at radius 3 is 2.86 bits per heavy atom. The summed E-state index contributed by atoms with van der Waals surface area (Å²) in [7, 11) is 0. The molecule has 0 N–H and O–H groups in total. The van der Waals surface area contributed by atoms with E-state index >= 15 is 0 Å². The van der Waals surface area contributed by atoms with Crippen LogP contribution in [0.3, 0.4) is 0 Å². The zero-order chi connectivity index (χ0) is 20.0. The Kier molecular flexibility index (Phi) is 4.66. The zero-order valence-electron chi connectivity index (χ0n) is 15.8. The van der Waals surface area contributed by atoms with Crippen LogP contribution >= 0.6 is 22.9 Å². The van der Waals surface area contributed by atoms with Crippen LogP contribution in [0.25, 0.3) is 6.08 Å². The summed E-state index contributed by atoms with van der Waals surface area (Å²) >= 11 is 7.97. The van der Waals surface area contributed by atoms with E-state index in [9.17, 15) is 4.79 Å². The van der Waals surface area contributed by atoms with Crippen molar-refractivity contribution in [3.8, 4) is 11.5 Å². The predicted molar refractivity (Wildman–Crippen MR) is 115 cm³/mol. The van der Waals surface area contributed by atoms with E-state index < -0.39 is 0 Å². The molecule has 0 unspecified atom stereocenters. The van der Waals surface area contributed by atoms with E-state index in [1.807, 2.05) is 31.2 Å². The molecule has 0 fully saturated rings. The van der Waals surface area contributed by atoms with Crippen molar-refractivity contribution in [1.29, 1.82) is 0 Å². The Hall–Kier alpha value is -2.60. The maximum absolute atomic E-state index is 13.0. The first-order chi connectivity index (χ1) is 14.1. The van der Waals surface area contributed by atoms with Crippen LogP contribution in [0.1, 0.15) is 31.9 Å². The van der Waals surface area contributed by atoms with E-state index in [4.69, 9.17) is 21.1 Å². The van der Waals surface area contributed by atoms with Crippen LogP contribution in [0.15, 0.2) is 53.6 Å². The summed E-state index contributed by atoms with van der Waals surface area (Å²) in [5, 5.41) is 2.66. The van der Waals surface area contributed by atoms with Crippen molar-refractivity contribution in [2.45, 2.75) is 20.0 Å². The molecule has 2 aromatic carbocycles. The molecule has 0 atom stereocenters. The van der Waals surface area contributed by atoms with Gasteiger partial charge >= 0.3 is 0 Å². The summed E-state index contributed by atoms with van der Waals surface area (Å²) in [6.07, 6.45) is 1.70. The van der Waals surface area contributed by atoms with E-state index in [2.05, 4.69) is 22.4 Å². The Labute approximate surface area is 177 Å². The number of benzene rings is 2. The number of thiophene rings is 1. The molecule has 1 aromatic heterocycles. The lowest BCUT2D eigenvalue weighted by Gasteiger charge is -2.30. The van der Waals surface area contributed by atoms with Crippen LogP contribution < -0.4 is 9.47 Å². The highest BCUT2D eigenvalue weighted by molar-refractivity contribution is 7.09. The lowest BCUT2D eigenvalue weighted by molar-refractivity contribution is 0.0886. The molecule has 146 valence electrons. The molecule has 4 nitrogen and oxygen atoms in total. The third-order valence-electron chi connectivity index (χ3n) is 5.15. The average Bonchev–Trinajstić information content (AvgIpc) is 3.33. The molecule has 29 heavy (non-hydrogen) atoms. The number of ether oxygens (including phenoxy) is 2. The molecule has 0 bridgehead atoms. The smallest absolute Gasteiger partial charge is 0.231 e. The number of halogens is 1. The normalized spacial score (nSPS) is 17.0. The van der Waals surface area contributed by atoms with E-state index in [1.165, 1.54) is 4.88 Å². The van der Waals surface area contributed by atoms with Gasteiger partial charge in [-0.2, -0.15) is 0 Å². The van der Waals surface area contributed by atoms with Gasteiger partial charge in [0.2, 0.25) is 5.78 Å². The van der Waals surface area contributed by atoms with Crippen LogP contribution in [0.5, 0.6) is 11.5 Å². The molecule has 0 aliphatic carbocycles. The van der Waals surface area contributed by atoms with E-state index in [1.54, 1.807) is 23.5 Å². The molecule has 0 saturated heterocycles. The summed E-state index contributed by atoms with van der Waals surface area (Å²) in [6, 6.07) is 13.5. The number of nitrogens with zero attached hydrogens (tertiary/aromatic N) is 1. The lowest BCUT2D eigenvalue weighted by Crippen LogP contribution is -2.31. The Morgan fingerprint density at radius 2 is 2.07 bits per heavy atom. The van der Waals surface area contributed by atoms with Gasteiger partial charge in [-0.25, -0.2) is 0 Å². The molecule has 0 amide bonds. The van der Waals surface area contributed by atoms with Crippen molar-refractivity contribution < 1.29 is 14.3 Å². The number of allylic oxidation sites excluding steroid dienone is 1. The number of carbonyl (C=O) groups is 1. The van der Waals surface area contributed by atoms with Crippen molar-refractivity contribution in [1.82, 2.24) is 4.90 Å². The highest BCUT2D eigenvalue weighted by Gasteiger charge is 2.33. The number of hydrogen-bond donors (Lipinski definition) is 0. The van der Waals surface area contributed by atoms with E-state index in [-0.39, 0.29) is 11.5 Å². The Morgan fingerprint density at radius 1 is 1.21 bits per heavy atom. The molecule has 0 saturated carbocycles. The van der Waals surface area contributed by atoms with Crippen LogP contribution in [0.4, 0.5) is 0 Å². The Bertz CT molecular complexity index is 1140. The summed E-state index contributed by atoms with van der Waals surface area (Å²) < 4.78 is 12.0. The Balaban J connectivity index is 1.46. The quantitative estimate of drug-likeness (QED) is 0.508. The van der Waals surface area contributed by atoms with E-state index in [0.29, 0.717) is 23.1 Å².